The molecule has 0 fully saturated rings. The van der Waals surface area contributed by atoms with Crippen molar-refractivity contribution in [2.24, 2.45) is 10.9 Å². The summed E-state index contributed by atoms with van der Waals surface area (Å²) >= 11 is 4.14. The summed E-state index contributed by atoms with van der Waals surface area (Å²) in [5.74, 6) is 0. The van der Waals surface area contributed by atoms with Crippen molar-refractivity contribution in [1.29, 1.82) is 0 Å². The molecule has 0 radical (unpaired) electrons. The lowest BCUT2D eigenvalue weighted by atomic mass is 10.0. The summed E-state index contributed by atoms with van der Waals surface area (Å²) in [5, 5.41) is 11.5. The lowest BCUT2D eigenvalue weighted by molar-refractivity contribution is 0.315. The van der Waals surface area contributed by atoms with E-state index < -0.39 is 0 Å². The summed E-state index contributed by atoms with van der Waals surface area (Å²) in [6.45, 7) is 0. The zero-order valence-electron chi connectivity index (χ0n) is 5.49. The molecule has 1 aliphatic carbocycles. The summed E-state index contributed by atoms with van der Waals surface area (Å²) in [4.78, 5) is 0.972. The molecular formula is C6H10N2OS. The second-order valence-electron chi connectivity index (χ2n) is 2.28. The monoisotopic (exact) mass is 158 g/mol. The molecule has 0 spiro atoms. The summed E-state index contributed by atoms with van der Waals surface area (Å²) in [5.41, 5.74) is 6.20. The number of hydrogen-bond donors (Lipinski definition) is 3. The van der Waals surface area contributed by atoms with E-state index in [0.717, 1.165) is 11.3 Å². The molecular weight excluding hydrogens is 148 g/mol. The standard InChI is InChI=1S/C6H10N2OS/c7-5-3-4(10)1-2-6(5)8-9/h3,5,9-10H,1-2,7H2/b8-6-. The Kier molecular flexibility index (Phi) is 2.34. The Morgan fingerprint density at radius 3 is 2.90 bits per heavy atom. The zero-order chi connectivity index (χ0) is 7.56. The van der Waals surface area contributed by atoms with Gasteiger partial charge in [-0.3, -0.25) is 0 Å². The fourth-order valence-electron chi connectivity index (χ4n) is 0.926. The van der Waals surface area contributed by atoms with Crippen LogP contribution in [-0.4, -0.2) is 17.0 Å². The fourth-order valence-corrected chi connectivity index (χ4v) is 1.20. The van der Waals surface area contributed by atoms with Crippen molar-refractivity contribution in [3.63, 3.8) is 0 Å². The first kappa shape index (κ1) is 7.63. The van der Waals surface area contributed by atoms with Crippen LogP contribution in [0.25, 0.3) is 0 Å². The molecule has 0 aromatic rings. The lowest BCUT2D eigenvalue weighted by Crippen LogP contribution is -2.30. The van der Waals surface area contributed by atoms with E-state index in [9.17, 15) is 0 Å². The molecule has 0 saturated carbocycles. The molecule has 0 heterocycles. The van der Waals surface area contributed by atoms with Gasteiger partial charge in [-0.2, -0.15) is 0 Å². The van der Waals surface area contributed by atoms with Gasteiger partial charge in [0, 0.05) is 0 Å². The molecule has 1 atom stereocenters. The molecule has 1 unspecified atom stereocenters. The molecule has 1 rings (SSSR count). The highest BCUT2D eigenvalue weighted by Gasteiger charge is 2.14. The number of rotatable bonds is 0. The smallest absolute Gasteiger partial charge is 0.0780 e. The first-order valence-electron chi connectivity index (χ1n) is 3.10. The first-order valence-corrected chi connectivity index (χ1v) is 3.55. The average Bonchev–Trinajstić information content (AvgIpc) is 1.88. The Morgan fingerprint density at radius 2 is 2.40 bits per heavy atom. The predicted octanol–water partition coefficient (Wildman–Crippen LogP) is 0.751. The molecule has 4 heteroatoms. The maximum absolute atomic E-state index is 8.40. The van der Waals surface area contributed by atoms with Gasteiger partial charge in [-0.25, -0.2) is 0 Å². The second-order valence-corrected chi connectivity index (χ2v) is 2.85. The zero-order valence-corrected chi connectivity index (χ0v) is 6.38. The number of thiol groups is 1. The third-order valence-corrected chi connectivity index (χ3v) is 1.90. The molecule has 1 aliphatic rings. The topological polar surface area (TPSA) is 58.6 Å². The van der Waals surface area contributed by atoms with Crippen molar-refractivity contribution in [3.05, 3.63) is 11.0 Å². The Morgan fingerprint density at radius 1 is 1.70 bits per heavy atom. The van der Waals surface area contributed by atoms with Crippen LogP contribution < -0.4 is 5.73 Å². The Hall–Kier alpha value is -0.480. The van der Waals surface area contributed by atoms with Gasteiger partial charge in [0.2, 0.25) is 0 Å². The van der Waals surface area contributed by atoms with E-state index in [-0.39, 0.29) is 6.04 Å². The van der Waals surface area contributed by atoms with E-state index in [1.54, 1.807) is 6.08 Å². The van der Waals surface area contributed by atoms with Crippen LogP contribution in [0, 0.1) is 0 Å². The normalized spacial score (nSPS) is 30.4. The summed E-state index contributed by atoms with van der Waals surface area (Å²) in [6.07, 6.45) is 3.34. The minimum Gasteiger partial charge on any atom is -0.411 e. The van der Waals surface area contributed by atoms with Gasteiger partial charge in [-0.15, -0.1) is 12.6 Å². The Labute approximate surface area is 65.0 Å². The minimum absolute atomic E-state index is 0.244. The van der Waals surface area contributed by atoms with Gasteiger partial charge in [0.25, 0.3) is 0 Å². The minimum atomic E-state index is -0.244. The van der Waals surface area contributed by atoms with E-state index in [1.165, 1.54) is 0 Å². The quantitative estimate of drug-likeness (QED) is 0.277. The SMILES string of the molecule is NC1C=C(S)CC/C1=N/O. The molecule has 0 amide bonds. The molecule has 0 aromatic heterocycles. The largest absolute Gasteiger partial charge is 0.411 e. The summed E-state index contributed by atoms with van der Waals surface area (Å²) in [7, 11) is 0. The number of oxime groups is 1. The third kappa shape index (κ3) is 1.52. The molecule has 3 N–H and O–H groups in total. The van der Waals surface area contributed by atoms with Crippen molar-refractivity contribution in [2.75, 3.05) is 0 Å². The van der Waals surface area contributed by atoms with Gasteiger partial charge >= 0.3 is 0 Å². The molecule has 0 aromatic carbocycles. The van der Waals surface area contributed by atoms with Crippen molar-refractivity contribution < 1.29 is 5.21 Å². The van der Waals surface area contributed by atoms with Crippen LogP contribution in [0.15, 0.2) is 16.1 Å². The van der Waals surface area contributed by atoms with Crippen LogP contribution in [0.3, 0.4) is 0 Å². The molecule has 3 nitrogen and oxygen atoms in total. The van der Waals surface area contributed by atoms with Crippen molar-refractivity contribution in [3.8, 4) is 0 Å². The molecule has 10 heavy (non-hydrogen) atoms. The Balaban J connectivity index is 2.73. The maximum atomic E-state index is 8.40. The number of hydrogen-bond acceptors (Lipinski definition) is 4. The predicted molar refractivity (Wildman–Crippen MR) is 43.5 cm³/mol. The number of allylic oxidation sites excluding steroid dienone is 1. The van der Waals surface area contributed by atoms with Gasteiger partial charge in [0.1, 0.15) is 0 Å². The van der Waals surface area contributed by atoms with E-state index in [1.807, 2.05) is 0 Å². The number of nitrogens with zero attached hydrogens (tertiary/aromatic N) is 1. The second kappa shape index (κ2) is 3.07. The van der Waals surface area contributed by atoms with E-state index in [4.69, 9.17) is 10.9 Å². The van der Waals surface area contributed by atoms with Crippen molar-refractivity contribution in [1.82, 2.24) is 0 Å². The van der Waals surface area contributed by atoms with Crippen molar-refractivity contribution >= 4 is 18.3 Å². The first-order chi connectivity index (χ1) is 4.74. The summed E-state index contributed by atoms with van der Waals surface area (Å²) in [6, 6.07) is -0.244. The van der Waals surface area contributed by atoms with E-state index >= 15 is 0 Å². The van der Waals surface area contributed by atoms with Gasteiger partial charge in [0.05, 0.1) is 11.8 Å². The number of nitrogens with two attached hydrogens (primary N) is 1. The van der Waals surface area contributed by atoms with Crippen LogP contribution in [0.2, 0.25) is 0 Å². The van der Waals surface area contributed by atoms with Gasteiger partial charge in [-0.05, 0) is 17.7 Å². The van der Waals surface area contributed by atoms with Crippen LogP contribution in [-0.2, 0) is 0 Å². The van der Waals surface area contributed by atoms with E-state index in [0.29, 0.717) is 12.1 Å². The van der Waals surface area contributed by atoms with Crippen molar-refractivity contribution in [2.45, 2.75) is 18.9 Å². The fraction of sp³-hybridized carbons (Fsp3) is 0.500. The molecule has 0 aliphatic heterocycles. The average molecular weight is 158 g/mol. The highest BCUT2D eigenvalue weighted by Crippen LogP contribution is 2.17. The highest BCUT2D eigenvalue weighted by molar-refractivity contribution is 7.84. The molecule has 0 saturated heterocycles. The molecule has 0 bridgehead atoms. The van der Waals surface area contributed by atoms with Crippen LogP contribution in [0.4, 0.5) is 0 Å². The Bertz CT molecular complexity index is 188. The van der Waals surface area contributed by atoms with Gasteiger partial charge in [0.15, 0.2) is 0 Å². The third-order valence-electron chi connectivity index (χ3n) is 1.52. The lowest BCUT2D eigenvalue weighted by Gasteiger charge is -2.15. The highest BCUT2D eigenvalue weighted by atomic mass is 32.1. The van der Waals surface area contributed by atoms with Crippen LogP contribution in [0.5, 0.6) is 0 Å². The van der Waals surface area contributed by atoms with Gasteiger partial charge < -0.3 is 10.9 Å². The van der Waals surface area contributed by atoms with Crippen LogP contribution in [0.1, 0.15) is 12.8 Å². The van der Waals surface area contributed by atoms with E-state index in [2.05, 4.69) is 17.8 Å². The maximum Gasteiger partial charge on any atom is 0.0780 e. The van der Waals surface area contributed by atoms with Crippen LogP contribution >= 0.6 is 12.6 Å². The molecule has 56 valence electrons. The summed E-state index contributed by atoms with van der Waals surface area (Å²) < 4.78 is 0. The van der Waals surface area contributed by atoms with Gasteiger partial charge in [-0.1, -0.05) is 11.2 Å².